The molecule has 166 valence electrons. The summed E-state index contributed by atoms with van der Waals surface area (Å²) < 4.78 is 25.0. The highest BCUT2D eigenvalue weighted by Crippen LogP contribution is 2.32. The van der Waals surface area contributed by atoms with Gasteiger partial charge in [0.2, 0.25) is 5.91 Å². The number of carbonyl (C=O) groups excluding carboxylic acids is 1. The Labute approximate surface area is 189 Å². The third-order valence-corrected chi connectivity index (χ3v) is 5.98. The fourth-order valence-electron chi connectivity index (χ4n) is 3.36. The number of anilines is 1. The van der Waals surface area contributed by atoms with E-state index < -0.39 is 11.7 Å². The molecule has 0 unspecified atom stereocenters. The Hall–Kier alpha value is -3.14. The fraction of sp³-hybridized carbons (Fsp3) is 0.261. The van der Waals surface area contributed by atoms with E-state index >= 15 is 0 Å². The molecule has 32 heavy (non-hydrogen) atoms. The van der Waals surface area contributed by atoms with Gasteiger partial charge in [-0.3, -0.25) is 14.7 Å². The molecule has 1 aliphatic rings. The quantitative estimate of drug-likeness (QED) is 0.547. The van der Waals surface area contributed by atoms with E-state index in [2.05, 4.69) is 20.2 Å². The van der Waals surface area contributed by atoms with Crippen molar-refractivity contribution in [3.8, 4) is 15.6 Å². The summed E-state index contributed by atoms with van der Waals surface area (Å²) in [4.78, 5) is 23.8. The van der Waals surface area contributed by atoms with Crippen LogP contribution < -0.4 is 10.1 Å². The van der Waals surface area contributed by atoms with E-state index in [1.807, 2.05) is 12.1 Å². The zero-order valence-corrected chi connectivity index (χ0v) is 18.4. The van der Waals surface area contributed by atoms with Gasteiger partial charge in [0, 0.05) is 55.4 Å². The third-order valence-electron chi connectivity index (χ3n) is 4.99. The first-order valence-electron chi connectivity index (χ1n) is 10.1. The molecule has 9 heteroatoms. The number of amides is 1. The molecule has 3 heterocycles. The Kier molecular flexibility index (Phi) is 7.21. The summed E-state index contributed by atoms with van der Waals surface area (Å²) in [6, 6.07) is 6.73. The Balaban J connectivity index is 1.41. The number of carbonyl (C=O) groups is 1. The maximum Gasteiger partial charge on any atom is 0.273 e. The number of morpholine rings is 1. The number of nitrogens with one attached hydrogen (secondary N) is 1. The van der Waals surface area contributed by atoms with Gasteiger partial charge in [-0.1, -0.05) is 17.4 Å². The molecule has 1 saturated heterocycles. The van der Waals surface area contributed by atoms with Crippen molar-refractivity contribution < 1.29 is 18.7 Å². The number of ether oxygens (including phenoxy) is 2. The van der Waals surface area contributed by atoms with Crippen LogP contribution in [0.4, 0.5) is 10.1 Å². The van der Waals surface area contributed by atoms with Crippen LogP contribution in [-0.4, -0.2) is 54.2 Å². The summed E-state index contributed by atoms with van der Waals surface area (Å²) in [5.41, 5.74) is 2.63. The summed E-state index contributed by atoms with van der Waals surface area (Å²) in [5.74, 6) is -0.891. The van der Waals surface area contributed by atoms with Crippen molar-refractivity contribution in [3.63, 3.8) is 0 Å². The molecule has 1 fully saturated rings. The molecule has 0 aliphatic carbocycles. The van der Waals surface area contributed by atoms with Gasteiger partial charge in [0.25, 0.3) is 5.19 Å². The van der Waals surface area contributed by atoms with Gasteiger partial charge in [-0.2, -0.15) is 0 Å². The Morgan fingerprint density at radius 2 is 2.16 bits per heavy atom. The number of pyridine rings is 1. The number of halogens is 1. The number of rotatable bonds is 7. The first-order chi connectivity index (χ1) is 15.6. The molecule has 1 N–H and O–H groups in total. The minimum absolute atomic E-state index is 0.143. The van der Waals surface area contributed by atoms with Gasteiger partial charge in [-0.15, -0.1) is 0 Å². The standard InChI is InChI=1S/C23H23FN4O3S/c1-30-23-26-14-21(32-23)18-6-7-25-13-17(18)3-5-22(29)27-20-4-2-16(12-19(20)24)15-28-8-10-31-11-9-28/h2-7,12-14H,8-11,15H2,1H3,(H,27,29)/b5-3+. The summed E-state index contributed by atoms with van der Waals surface area (Å²) >= 11 is 1.40. The molecule has 0 saturated carbocycles. The Bertz CT molecular complexity index is 1110. The highest BCUT2D eigenvalue weighted by Gasteiger charge is 2.13. The lowest BCUT2D eigenvalue weighted by Gasteiger charge is -2.26. The predicted octanol–water partition coefficient (Wildman–Crippen LogP) is 3.84. The number of benzene rings is 1. The number of methoxy groups -OCH3 is 1. The largest absolute Gasteiger partial charge is 0.473 e. The second kappa shape index (κ2) is 10.4. The third kappa shape index (κ3) is 5.56. The average molecular weight is 455 g/mol. The van der Waals surface area contributed by atoms with Gasteiger partial charge in [0.15, 0.2) is 0 Å². The highest BCUT2D eigenvalue weighted by atomic mass is 32.1. The second-order valence-electron chi connectivity index (χ2n) is 7.18. The summed E-state index contributed by atoms with van der Waals surface area (Å²) in [7, 11) is 1.56. The molecule has 7 nitrogen and oxygen atoms in total. The van der Waals surface area contributed by atoms with Crippen LogP contribution >= 0.6 is 11.3 Å². The first-order valence-corrected chi connectivity index (χ1v) is 11.0. The van der Waals surface area contributed by atoms with E-state index in [4.69, 9.17) is 9.47 Å². The molecular weight excluding hydrogens is 431 g/mol. The van der Waals surface area contributed by atoms with Gasteiger partial charge in [-0.05, 0) is 29.8 Å². The zero-order chi connectivity index (χ0) is 22.3. The van der Waals surface area contributed by atoms with Crippen LogP contribution in [0.3, 0.4) is 0 Å². The van der Waals surface area contributed by atoms with Crippen LogP contribution in [0.5, 0.6) is 5.19 Å². The van der Waals surface area contributed by atoms with Gasteiger partial charge < -0.3 is 14.8 Å². The molecule has 3 aromatic rings. The van der Waals surface area contributed by atoms with Crippen molar-refractivity contribution in [1.29, 1.82) is 0 Å². The van der Waals surface area contributed by atoms with Crippen LogP contribution in [0.15, 0.2) is 48.9 Å². The lowest BCUT2D eigenvalue weighted by molar-refractivity contribution is -0.111. The molecule has 0 spiro atoms. The highest BCUT2D eigenvalue weighted by molar-refractivity contribution is 7.16. The molecule has 2 aromatic heterocycles. The van der Waals surface area contributed by atoms with Crippen molar-refractivity contribution in [2.24, 2.45) is 0 Å². The van der Waals surface area contributed by atoms with Crippen molar-refractivity contribution in [1.82, 2.24) is 14.9 Å². The van der Waals surface area contributed by atoms with E-state index in [0.717, 1.165) is 34.7 Å². The van der Waals surface area contributed by atoms with Crippen molar-refractivity contribution in [2.75, 3.05) is 38.7 Å². The molecule has 4 rings (SSSR count). The van der Waals surface area contributed by atoms with Crippen molar-refractivity contribution >= 4 is 29.0 Å². The number of hydrogen-bond acceptors (Lipinski definition) is 7. The van der Waals surface area contributed by atoms with Crippen LogP contribution in [0.1, 0.15) is 11.1 Å². The molecule has 1 aromatic carbocycles. The maximum absolute atomic E-state index is 14.5. The minimum Gasteiger partial charge on any atom is -0.473 e. The van der Waals surface area contributed by atoms with Gasteiger partial charge >= 0.3 is 0 Å². The smallest absolute Gasteiger partial charge is 0.273 e. The maximum atomic E-state index is 14.5. The van der Waals surface area contributed by atoms with E-state index in [-0.39, 0.29) is 5.69 Å². The van der Waals surface area contributed by atoms with E-state index in [0.29, 0.717) is 25.0 Å². The topological polar surface area (TPSA) is 76.6 Å². The summed E-state index contributed by atoms with van der Waals surface area (Å²) in [5, 5.41) is 3.15. The van der Waals surface area contributed by atoms with Crippen molar-refractivity contribution in [3.05, 3.63) is 65.9 Å². The molecule has 1 amide bonds. The molecule has 0 radical (unpaired) electrons. The zero-order valence-electron chi connectivity index (χ0n) is 17.6. The average Bonchev–Trinajstić information content (AvgIpc) is 3.30. The minimum atomic E-state index is -0.462. The lowest BCUT2D eigenvalue weighted by atomic mass is 10.1. The van der Waals surface area contributed by atoms with Gasteiger partial charge in [0.1, 0.15) is 5.82 Å². The lowest BCUT2D eigenvalue weighted by Crippen LogP contribution is -2.35. The molecule has 0 bridgehead atoms. The number of thiazole rings is 1. The SMILES string of the molecule is COc1ncc(-c2ccncc2/C=C/C(=O)Nc2ccc(CN3CCOCC3)cc2F)s1. The summed E-state index contributed by atoms with van der Waals surface area (Å²) in [6.07, 6.45) is 8.05. The molecule has 0 atom stereocenters. The first kappa shape index (κ1) is 22.1. The van der Waals surface area contributed by atoms with Gasteiger partial charge in [0.05, 0.1) is 30.9 Å². The monoisotopic (exact) mass is 454 g/mol. The van der Waals surface area contributed by atoms with E-state index in [1.54, 1.807) is 37.8 Å². The second-order valence-corrected chi connectivity index (χ2v) is 8.18. The summed E-state index contributed by atoms with van der Waals surface area (Å²) in [6.45, 7) is 3.70. The number of nitrogens with zero attached hydrogens (tertiary/aromatic N) is 3. The van der Waals surface area contributed by atoms with E-state index in [1.165, 1.54) is 23.5 Å². The van der Waals surface area contributed by atoms with E-state index in [9.17, 15) is 9.18 Å². The van der Waals surface area contributed by atoms with Crippen LogP contribution in [-0.2, 0) is 16.1 Å². The van der Waals surface area contributed by atoms with Crippen LogP contribution in [0.2, 0.25) is 0 Å². The fourth-order valence-corrected chi connectivity index (χ4v) is 4.13. The molecule has 1 aliphatic heterocycles. The van der Waals surface area contributed by atoms with Crippen LogP contribution in [0.25, 0.3) is 16.5 Å². The molecular formula is C23H23FN4O3S. The number of aromatic nitrogens is 2. The van der Waals surface area contributed by atoms with Crippen molar-refractivity contribution in [2.45, 2.75) is 6.54 Å². The normalized spacial score (nSPS) is 14.6. The van der Waals surface area contributed by atoms with Crippen LogP contribution in [0, 0.1) is 5.82 Å². The Morgan fingerprint density at radius 1 is 1.31 bits per heavy atom. The Morgan fingerprint density at radius 3 is 2.91 bits per heavy atom. The van der Waals surface area contributed by atoms with Gasteiger partial charge in [-0.25, -0.2) is 9.37 Å². The predicted molar refractivity (Wildman–Crippen MR) is 122 cm³/mol. The number of hydrogen-bond donors (Lipinski definition) is 1.